The molecule has 2 aromatic rings. The predicted molar refractivity (Wildman–Crippen MR) is 78.8 cm³/mol. The van der Waals surface area contributed by atoms with Crippen molar-refractivity contribution in [3.05, 3.63) is 29.3 Å². The minimum atomic E-state index is -4.48. The second-order valence-electron chi connectivity index (χ2n) is 5.61. The van der Waals surface area contributed by atoms with Gasteiger partial charge in [-0.25, -0.2) is 4.98 Å². The van der Waals surface area contributed by atoms with Crippen LogP contribution >= 0.6 is 12.4 Å². The van der Waals surface area contributed by atoms with Crippen LogP contribution in [0.5, 0.6) is 0 Å². The Hall–Kier alpha value is -1.67. The van der Waals surface area contributed by atoms with E-state index < -0.39 is 17.4 Å². The minimum Gasteiger partial charge on any atom is -0.334 e. The van der Waals surface area contributed by atoms with Gasteiger partial charge >= 0.3 is 6.18 Å². The van der Waals surface area contributed by atoms with Gasteiger partial charge in [-0.1, -0.05) is 18.0 Å². The molecule has 0 spiro atoms. The topological polar surface area (TPSA) is 77.8 Å². The first-order valence-electron chi connectivity index (χ1n) is 6.98. The molecule has 0 unspecified atom stereocenters. The predicted octanol–water partition coefficient (Wildman–Crippen LogP) is 3.61. The summed E-state index contributed by atoms with van der Waals surface area (Å²) in [5.41, 5.74) is 5.26. The lowest BCUT2D eigenvalue weighted by Gasteiger charge is -2.17. The molecule has 23 heavy (non-hydrogen) atoms. The molecular weight excluding hydrogens is 333 g/mol. The summed E-state index contributed by atoms with van der Waals surface area (Å²) in [5.74, 6) is 0.546. The zero-order valence-electron chi connectivity index (χ0n) is 12.4. The zero-order valence-corrected chi connectivity index (χ0v) is 13.2. The molecule has 1 fully saturated rings. The second kappa shape index (κ2) is 6.09. The third-order valence-corrected chi connectivity index (χ3v) is 3.97. The molecule has 0 saturated heterocycles. The van der Waals surface area contributed by atoms with Crippen LogP contribution in [0, 0.1) is 6.92 Å². The molecule has 2 heterocycles. The van der Waals surface area contributed by atoms with Crippen molar-refractivity contribution in [2.45, 2.75) is 44.3 Å². The van der Waals surface area contributed by atoms with E-state index in [0.29, 0.717) is 11.4 Å². The van der Waals surface area contributed by atoms with E-state index in [4.69, 9.17) is 10.3 Å². The van der Waals surface area contributed by atoms with Crippen LogP contribution in [-0.2, 0) is 11.7 Å². The first-order valence-corrected chi connectivity index (χ1v) is 6.98. The standard InChI is InChI=1S/C14H15F3N4O.ClH/c1-8-9(4-5-10(19-8)14(15,16)17)11-20-12(21-22-11)13(18)6-2-3-7-13;/h4-5H,2-3,6-7,18H2,1H3;1H. The van der Waals surface area contributed by atoms with E-state index in [1.807, 2.05) is 0 Å². The molecule has 5 nitrogen and oxygen atoms in total. The minimum absolute atomic E-state index is 0. The van der Waals surface area contributed by atoms with Crippen LogP contribution in [0.3, 0.4) is 0 Å². The lowest BCUT2D eigenvalue weighted by Crippen LogP contribution is -2.34. The van der Waals surface area contributed by atoms with Gasteiger partial charge in [-0.2, -0.15) is 18.2 Å². The molecule has 1 aliphatic carbocycles. The summed E-state index contributed by atoms with van der Waals surface area (Å²) >= 11 is 0. The first-order chi connectivity index (χ1) is 10.3. The summed E-state index contributed by atoms with van der Waals surface area (Å²) in [6, 6.07) is 2.19. The van der Waals surface area contributed by atoms with Gasteiger partial charge in [0.05, 0.1) is 16.8 Å². The summed E-state index contributed by atoms with van der Waals surface area (Å²) in [6.07, 6.45) is -0.927. The van der Waals surface area contributed by atoms with E-state index in [1.165, 1.54) is 13.0 Å². The Labute approximate surface area is 136 Å². The molecular formula is C14H16ClF3N4O. The van der Waals surface area contributed by atoms with Crippen LogP contribution in [0.4, 0.5) is 13.2 Å². The quantitative estimate of drug-likeness (QED) is 0.897. The van der Waals surface area contributed by atoms with Crippen molar-refractivity contribution in [2.75, 3.05) is 0 Å². The molecule has 2 N–H and O–H groups in total. The van der Waals surface area contributed by atoms with Gasteiger partial charge in [0.25, 0.3) is 5.89 Å². The summed E-state index contributed by atoms with van der Waals surface area (Å²) in [5, 5.41) is 3.90. The summed E-state index contributed by atoms with van der Waals surface area (Å²) < 4.78 is 43.1. The van der Waals surface area contributed by atoms with Gasteiger partial charge in [0, 0.05) is 0 Å². The smallest absolute Gasteiger partial charge is 0.334 e. The van der Waals surface area contributed by atoms with E-state index >= 15 is 0 Å². The number of nitrogens with two attached hydrogens (primary N) is 1. The van der Waals surface area contributed by atoms with Gasteiger partial charge in [-0.05, 0) is 31.9 Å². The maximum Gasteiger partial charge on any atom is 0.433 e. The zero-order chi connectivity index (χ0) is 16.0. The van der Waals surface area contributed by atoms with Crippen molar-refractivity contribution >= 4 is 12.4 Å². The summed E-state index contributed by atoms with van der Waals surface area (Å²) in [4.78, 5) is 7.82. The van der Waals surface area contributed by atoms with Crippen LogP contribution in [0.25, 0.3) is 11.5 Å². The maximum atomic E-state index is 12.6. The maximum absolute atomic E-state index is 12.6. The van der Waals surface area contributed by atoms with Gasteiger partial charge < -0.3 is 10.3 Å². The molecule has 1 saturated carbocycles. The summed E-state index contributed by atoms with van der Waals surface area (Å²) in [7, 11) is 0. The van der Waals surface area contributed by atoms with Gasteiger partial charge in [0.2, 0.25) is 0 Å². The van der Waals surface area contributed by atoms with Gasteiger partial charge in [0.1, 0.15) is 5.69 Å². The number of pyridine rings is 1. The number of rotatable bonds is 2. The van der Waals surface area contributed by atoms with Crippen molar-refractivity contribution in [1.82, 2.24) is 15.1 Å². The molecule has 0 aliphatic heterocycles. The van der Waals surface area contributed by atoms with E-state index in [0.717, 1.165) is 31.7 Å². The molecule has 3 rings (SSSR count). The van der Waals surface area contributed by atoms with E-state index in [1.54, 1.807) is 0 Å². The molecule has 2 aromatic heterocycles. The van der Waals surface area contributed by atoms with Crippen molar-refractivity contribution in [2.24, 2.45) is 5.73 Å². The highest BCUT2D eigenvalue weighted by molar-refractivity contribution is 5.85. The number of aryl methyl sites for hydroxylation is 1. The van der Waals surface area contributed by atoms with Crippen LogP contribution < -0.4 is 5.73 Å². The number of halogens is 4. The molecule has 126 valence electrons. The SMILES string of the molecule is Cc1nc(C(F)(F)F)ccc1-c1nc(C2(N)CCCC2)no1.Cl. The number of nitrogens with zero attached hydrogens (tertiary/aromatic N) is 3. The van der Waals surface area contributed by atoms with Crippen molar-refractivity contribution in [1.29, 1.82) is 0 Å². The average Bonchev–Trinajstić information content (AvgIpc) is 3.07. The molecule has 0 atom stereocenters. The van der Waals surface area contributed by atoms with Crippen molar-refractivity contribution < 1.29 is 17.7 Å². The van der Waals surface area contributed by atoms with Crippen LogP contribution in [0.1, 0.15) is 42.9 Å². The van der Waals surface area contributed by atoms with E-state index in [2.05, 4.69) is 15.1 Å². The van der Waals surface area contributed by atoms with E-state index in [-0.39, 0.29) is 24.0 Å². The molecule has 0 radical (unpaired) electrons. The van der Waals surface area contributed by atoms with Gasteiger partial charge in [-0.15, -0.1) is 12.4 Å². The highest BCUT2D eigenvalue weighted by Gasteiger charge is 2.36. The molecule has 9 heteroatoms. The first kappa shape index (κ1) is 17.7. The third kappa shape index (κ3) is 3.32. The lowest BCUT2D eigenvalue weighted by atomic mass is 9.98. The lowest BCUT2D eigenvalue weighted by molar-refractivity contribution is -0.141. The van der Waals surface area contributed by atoms with Crippen molar-refractivity contribution in [3.63, 3.8) is 0 Å². The van der Waals surface area contributed by atoms with Gasteiger partial charge in [-0.3, -0.25) is 0 Å². The van der Waals surface area contributed by atoms with Crippen LogP contribution in [0.15, 0.2) is 16.7 Å². The Morgan fingerprint density at radius 2 is 1.83 bits per heavy atom. The number of hydrogen-bond acceptors (Lipinski definition) is 5. The number of hydrogen-bond donors (Lipinski definition) is 1. The molecule has 0 bridgehead atoms. The molecule has 1 aliphatic rings. The Balaban J connectivity index is 0.00000192. The Bertz CT molecular complexity index is 696. The fraction of sp³-hybridized carbons (Fsp3) is 0.500. The second-order valence-corrected chi connectivity index (χ2v) is 5.61. The fourth-order valence-corrected chi connectivity index (χ4v) is 2.71. The van der Waals surface area contributed by atoms with Crippen LogP contribution in [-0.4, -0.2) is 15.1 Å². The Kier molecular flexibility index (Phi) is 4.68. The third-order valence-electron chi connectivity index (χ3n) is 3.97. The van der Waals surface area contributed by atoms with E-state index in [9.17, 15) is 13.2 Å². The van der Waals surface area contributed by atoms with Gasteiger partial charge in [0.15, 0.2) is 5.82 Å². The summed E-state index contributed by atoms with van der Waals surface area (Å²) in [6.45, 7) is 1.47. The largest absolute Gasteiger partial charge is 0.433 e. The normalized spacial score (nSPS) is 17.1. The Morgan fingerprint density at radius 3 is 2.39 bits per heavy atom. The fourth-order valence-electron chi connectivity index (χ4n) is 2.71. The number of aromatic nitrogens is 3. The Morgan fingerprint density at radius 1 is 1.17 bits per heavy atom. The molecule has 0 amide bonds. The monoisotopic (exact) mass is 348 g/mol. The van der Waals surface area contributed by atoms with Crippen molar-refractivity contribution in [3.8, 4) is 11.5 Å². The molecule has 0 aromatic carbocycles. The van der Waals surface area contributed by atoms with Crippen LogP contribution in [0.2, 0.25) is 0 Å². The average molecular weight is 349 g/mol. The highest BCUT2D eigenvalue weighted by atomic mass is 35.5. The number of alkyl halides is 3. The highest BCUT2D eigenvalue weighted by Crippen LogP contribution is 2.36.